The maximum atomic E-state index is 11.4. The number of aromatic hydroxyl groups is 2. The van der Waals surface area contributed by atoms with Crippen LogP contribution in [-0.4, -0.2) is 25.8 Å². The number of fused-ring (bicyclic) bond motifs is 1. The second-order valence-electron chi connectivity index (χ2n) is 8.48. The molecule has 32 heavy (non-hydrogen) atoms. The van der Waals surface area contributed by atoms with E-state index in [-0.39, 0.29) is 10.8 Å². The summed E-state index contributed by atoms with van der Waals surface area (Å²) < 4.78 is 6.44. The molecule has 0 spiro atoms. The van der Waals surface area contributed by atoms with Gasteiger partial charge < -0.3 is 20.3 Å². The van der Waals surface area contributed by atoms with Gasteiger partial charge in [-0.05, 0) is 74.9 Å². The molecule has 1 aliphatic heterocycles. The zero-order valence-corrected chi connectivity index (χ0v) is 20.1. The number of thiocarbonyl (C=S) groups is 1. The average Bonchev–Trinajstić information content (AvgIpc) is 3.08. The molecule has 8 heteroatoms. The van der Waals surface area contributed by atoms with Crippen LogP contribution in [-0.2, 0) is 12.8 Å². The Bertz CT molecular complexity index is 1260. The fourth-order valence-corrected chi connectivity index (χ4v) is 5.05. The van der Waals surface area contributed by atoms with Gasteiger partial charge in [0.1, 0.15) is 16.5 Å². The molecule has 1 unspecified atom stereocenters. The summed E-state index contributed by atoms with van der Waals surface area (Å²) in [6.45, 7) is 7.79. The molecule has 0 aliphatic carbocycles. The number of aromatic amines is 1. The van der Waals surface area contributed by atoms with Crippen LogP contribution in [0.15, 0.2) is 29.1 Å². The molecule has 0 amide bonds. The molecule has 6 nitrogen and oxygen atoms in total. The monoisotopic (exact) mass is 470 g/mol. The quantitative estimate of drug-likeness (QED) is 0.406. The van der Waals surface area contributed by atoms with E-state index in [0.717, 1.165) is 57.0 Å². The molecule has 2 aromatic carbocycles. The third kappa shape index (κ3) is 4.00. The molecule has 0 saturated heterocycles. The number of ether oxygens (including phenoxy) is 1. The van der Waals surface area contributed by atoms with E-state index in [9.17, 15) is 15.0 Å². The molecule has 1 atom stereocenters. The lowest BCUT2D eigenvalue weighted by molar-refractivity contribution is 0.134. The molecule has 4 rings (SSSR count). The molecule has 0 radical (unpaired) electrons. The number of hydrogen-bond donors (Lipinski definition) is 4. The highest BCUT2D eigenvalue weighted by atomic mass is 32.1. The molecule has 3 aromatic rings. The van der Waals surface area contributed by atoms with Gasteiger partial charge in [0.2, 0.25) is 5.88 Å². The summed E-state index contributed by atoms with van der Waals surface area (Å²) in [6.07, 6.45) is 1.96. The molecule has 2 heterocycles. The van der Waals surface area contributed by atoms with Gasteiger partial charge in [-0.1, -0.05) is 35.7 Å². The molecule has 1 aromatic heterocycles. The number of phenolic OH excluding ortho intramolecular Hbond substituents is 1. The first-order valence-electron chi connectivity index (χ1n) is 10.4. The van der Waals surface area contributed by atoms with Crippen molar-refractivity contribution in [3.63, 3.8) is 0 Å². The van der Waals surface area contributed by atoms with Crippen molar-refractivity contribution in [3.8, 4) is 17.4 Å². The van der Waals surface area contributed by atoms with Crippen molar-refractivity contribution in [2.75, 3.05) is 5.32 Å². The lowest BCUT2D eigenvalue weighted by atomic mass is 9.87. The van der Waals surface area contributed by atoms with Gasteiger partial charge in [-0.25, -0.2) is 0 Å². The number of aromatic nitrogens is 1. The number of phenols is 1. The number of anilines is 1. The predicted molar refractivity (Wildman–Crippen MR) is 132 cm³/mol. The van der Waals surface area contributed by atoms with Crippen LogP contribution in [0.5, 0.6) is 17.4 Å². The maximum Gasteiger partial charge on any atom is 0.307 e. The fourth-order valence-electron chi connectivity index (χ4n) is 4.03. The van der Waals surface area contributed by atoms with Crippen LogP contribution in [0.2, 0.25) is 0 Å². The topological polar surface area (TPSA) is 94.6 Å². The van der Waals surface area contributed by atoms with E-state index in [2.05, 4.69) is 10.3 Å². The van der Waals surface area contributed by atoms with Crippen molar-refractivity contribution in [3.05, 3.63) is 66.6 Å². The van der Waals surface area contributed by atoms with E-state index in [1.165, 1.54) is 0 Å². The summed E-state index contributed by atoms with van der Waals surface area (Å²) >= 11 is 6.75. The minimum absolute atomic E-state index is 0.0693. The van der Waals surface area contributed by atoms with Crippen molar-refractivity contribution in [1.29, 1.82) is 0 Å². The Labute approximate surface area is 195 Å². The van der Waals surface area contributed by atoms with E-state index in [1.54, 1.807) is 0 Å². The lowest BCUT2D eigenvalue weighted by Gasteiger charge is -2.38. The number of thiazole rings is 1. The van der Waals surface area contributed by atoms with E-state index in [0.29, 0.717) is 28.5 Å². The summed E-state index contributed by atoms with van der Waals surface area (Å²) in [6, 6.07) is 7.72. The zero-order chi connectivity index (χ0) is 23.2. The summed E-state index contributed by atoms with van der Waals surface area (Å²) in [7, 11) is 0. The van der Waals surface area contributed by atoms with Gasteiger partial charge in [-0.15, -0.1) is 0 Å². The Morgan fingerprint density at radius 2 is 1.88 bits per heavy atom. The molecule has 1 aliphatic rings. The Kier molecular flexibility index (Phi) is 5.77. The van der Waals surface area contributed by atoms with Crippen molar-refractivity contribution < 1.29 is 14.9 Å². The zero-order valence-electron chi connectivity index (χ0n) is 18.5. The van der Waals surface area contributed by atoms with Gasteiger partial charge in [-0.3, -0.25) is 9.78 Å². The molecule has 168 valence electrons. The SMILES string of the molecule is Cc1c(C)c2c(c(C)c1O)CCC(C)(C(=S)Nc1ccc(Cc3sc(=O)[nH]c3O)cc1)O2. The van der Waals surface area contributed by atoms with Gasteiger partial charge in [0.05, 0.1) is 4.88 Å². The number of hydrogen-bond acceptors (Lipinski definition) is 6. The second-order valence-corrected chi connectivity index (χ2v) is 9.95. The molecule has 0 fully saturated rings. The van der Waals surface area contributed by atoms with E-state index in [4.69, 9.17) is 17.0 Å². The normalized spacial score (nSPS) is 17.5. The highest BCUT2D eigenvalue weighted by molar-refractivity contribution is 7.80. The maximum absolute atomic E-state index is 11.4. The summed E-state index contributed by atoms with van der Waals surface area (Å²) in [5, 5.41) is 23.5. The standard InChI is InChI=1S/C24H26N2O4S2/c1-12-13(2)20-17(14(3)19(12)27)9-10-24(4,30-20)22(31)25-16-7-5-15(6-8-16)11-18-21(28)26-23(29)32-18/h5-8,27-28H,9-11H2,1-4H3,(H,25,31)(H,26,29). The first-order valence-corrected chi connectivity index (χ1v) is 11.6. The van der Waals surface area contributed by atoms with Crippen LogP contribution in [0.4, 0.5) is 5.69 Å². The lowest BCUT2D eigenvalue weighted by Crippen LogP contribution is -2.47. The first kappa shape index (κ1) is 22.4. The predicted octanol–water partition coefficient (Wildman–Crippen LogP) is 4.89. The first-order chi connectivity index (χ1) is 15.1. The third-order valence-electron chi connectivity index (χ3n) is 6.28. The fraction of sp³-hybridized carbons (Fsp3) is 0.333. The summed E-state index contributed by atoms with van der Waals surface area (Å²) in [5.74, 6) is 1.09. The van der Waals surface area contributed by atoms with Crippen LogP contribution < -0.4 is 14.9 Å². The van der Waals surface area contributed by atoms with Crippen LogP contribution in [0, 0.1) is 20.8 Å². The van der Waals surface area contributed by atoms with Crippen molar-refractivity contribution in [1.82, 2.24) is 4.98 Å². The minimum Gasteiger partial charge on any atom is -0.507 e. The Morgan fingerprint density at radius 1 is 1.19 bits per heavy atom. The second kappa shape index (κ2) is 8.26. The smallest absolute Gasteiger partial charge is 0.307 e. The van der Waals surface area contributed by atoms with Gasteiger partial charge in [0.15, 0.2) is 5.60 Å². The van der Waals surface area contributed by atoms with Crippen LogP contribution >= 0.6 is 23.6 Å². The summed E-state index contributed by atoms with van der Waals surface area (Å²) in [5.41, 5.74) is 4.85. The highest BCUT2D eigenvalue weighted by Crippen LogP contribution is 2.43. The third-order valence-corrected chi connectivity index (χ3v) is 7.68. The Balaban J connectivity index is 1.49. The number of H-pyrrole nitrogens is 1. The largest absolute Gasteiger partial charge is 0.507 e. The molecular weight excluding hydrogens is 444 g/mol. The van der Waals surface area contributed by atoms with E-state index >= 15 is 0 Å². The molecule has 4 N–H and O–H groups in total. The van der Waals surface area contributed by atoms with Crippen LogP contribution in [0.3, 0.4) is 0 Å². The molecular formula is C24H26N2O4S2. The average molecular weight is 471 g/mol. The van der Waals surface area contributed by atoms with E-state index < -0.39 is 5.60 Å². The Hall–Kier alpha value is -2.84. The van der Waals surface area contributed by atoms with Gasteiger partial charge in [0, 0.05) is 17.7 Å². The number of rotatable bonds is 4. The minimum atomic E-state index is -0.662. The van der Waals surface area contributed by atoms with Crippen molar-refractivity contribution in [2.24, 2.45) is 0 Å². The highest BCUT2D eigenvalue weighted by Gasteiger charge is 2.38. The van der Waals surface area contributed by atoms with Crippen LogP contribution in [0.1, 0.15) is 46.0 Å². The van der Waals surface area contributed by atoms with Crippen molar-refractivity contribution >= 4 is 34.2 Å². The van der Waals surface area contributed by atoms with Gasteiger partial charge in [-0.2, -0.15) is 0 Å². The molecule has 0 saturated carbocycles. The van der Waals surface area contributed by atoms with Gasteiger partial charge >= 0.3 is 4.87 Å². The molecule has 0 bridgehead atoms. The Morgan fingerprint density at radius 3 is 2.50 bits per heavy atom. The number of benzene rings is 2. The van der Waals surface area contributed by atoms with Crippen molar-refractivity contribution in [2.45, 2.75) is 52.6 Å². The van der Waals surface area contributed by atoms with Crippen LogP contribution in [0.25, 0.3) is 0 Å². The number of nitrogens with one attached hydrogen (secondary N) is 2. The van der Waals surface area contributed by atoms with Gasteiger partial charge in [0.25, 0.3) is 0 Å². The summed E-state index contributed by atoms with van der Waals surface area (Å²) in [4.78, 5) is 14.7. The van der Waals surface area contributed by atoms with E-state index in [1.807, 2.05) is 52.0 Å².